The van der Waals surface area contributed by atoms with Gasteiger partial charge in [0.25, 0.3) is 0 Å². The predicted octanol–water partition coefficient (Wildman–Crippen LogP) is 3.99. The third-order valence-corrected chi connectivity index (χ3v) is 6.36. The largest absolute Gasteiger partial charge is 0.417 e. The van der Waals surface area contributed by atoms with Crippen molar-refractivity contribution in [3.05, 3.63) is 48.0 Å². The van der Waals surface area contributed by atoms with Gasteiger partial charge in [0.05, 0.1) is 17.4 Å². The Balaban J connectivity index is 1.90. The van der Waals surface area contributed by atoms with E-state index < -0.39 is 27.4 Å². The number of hydrogen-bond donors (Lipinski definition) is 0. The van der Waals surface area contributed by atoms with Gasteiger partial charge in [-0.25, -0.2) is 12.8 Å². The van der Waals surface area contributed by atoms with Crippen LogP contribution in [-0.4, -0.2) is 45.3 Å². The molecule has 0 radical (unpaired) electrons. The lowest BCUT2D eigenvalue weighted by Gasteiger charge is -2.45. The Morgan fingerprint density at radius 3 is 2.40 bits per heavy atom. The molecule has 2 aromatic rings. The normalized spacial score (nSPS) is 18.2. The van der Waals surface area contributed by atoms with E-state index in [4.69, 9.17) is 0 Å². The van der Waals surface area contributed by atoms with Crippen molar-refractivity contribution in [3.8, 4) is 0 Å². The number of hydrogen-bond acceptors (Lipinski definition) is 5. The number of benzene rings is 1. The van der Waals surface area contributed by atoms with Crippen LogP contribution in [0.15, 0.2) is 41.6 Å². The van der Waals surface area contributed by atoms with E-state index >= 15 is 0 Å². The highest BCUT2D eigenvalue weighted by Gasteiger charge is 2.34. The van der Waals surface area contributed by atoms with Gasteiger partial charge in [-0.3, -0.25) is 4.98 Å². The van der Waals surface area contributed by atoms with E-state index in [1.165, 1.54) is 18.3 Å². The fraction of sp³-hybridized carbons (Fsp3) is 0.450. The monoisotopic (exact) mass is 445 g/mol. The first-order chi connectivity index (χ1) is 13.9. The minimum absolute atomic E-state index is 0.0946. The molecule has 1 atom stereocenters. The number of anilines is 2. The molecule has 0 N–H and O–H groups in total. The molecule has 1 aromatic heterocycles. The lowest BCUT2D eigenvalue weighted by Crippen LogP contribution is -2.55. The Bertz CT molecular complexity index is 1020. The van der Waals surface area contributed by atoms with Crippen LogP contribution < -0.4 is 9.80 Å². The molecule has 0 spiro atoms. The van der Waals surface area contributed by atoms with Gasteiger partial charge in [0, 0.05) is 43.8 Å². The molecule has 5 nitrogen and oxygen atoms in total. The van der Waals surface area contributed by atoms with Crippen molar-refractivity contribution in [3.63, 3.8) is 0 Å². The van der Waals surface area contributed by atoms with Gasteiger partial charge in [-0.2, -0.15) is 13.2 Å². The summed E-state index contributed by atoms with van der Waals surface area (Å²) >= 11 is 0. The van der Waals surface area contributed by atoms with Gasteiger partial charge in [0.15, 0.2) is 9.84 Å². The maximum Gasteiger partial charge on any atom is 0.417 e. The van der Waals surface area contributed by atoms with Gasteiger partial charge < -0.3 is 9.80 Å². The summed E-state index contributed by atoms with van der Waals surface area (Å²) in [7, 11) is -3.72. The zero-order valence-electron chi connectivity index (χ0n) is 16.8. The van der Waals surface area contributed by atoms with Crippen LogP contribution in [0.4, 0.5) is 28.9 Å². The molecule has 3 rings (SSSR count). The highest BCUT2D eigenvalue weighted by atomic mass is 32.2. The lowest BCUT2D eigenvalue weighted by atomic mass is 9.98. The maximum absolute atomic E-state index is 14.0. The van der Waals surface area contributed by atoms with E-state index in [-0.39, 0.29) is 16.9 Å². The highest BCUT2D eigenvalue weighted by molar-refractivity contribution is 7.90. The van der Waals surface area contributed by atoms with E-state index in [1.807, 2.05) is 23.6 Å². The van der Waals surface area contributed by atoms with E-state index in [0.717, 1.165) is 24.6 Å². The van der Waals surface area contributed by atoms with Crippen molar-refractivity contribution in [1.29, 1.82) is 0 Å². The van der Waals surface area contributed by atoms with Crippen molar-refractivity contribution in [1.82, 2.24) is 4.98 Å². The summed E-state index contributed by atoms with van der Waals surface area (Å²) in [5.41, 5.74) is 0.143. The van der Waals surface area contributed by atoms with Gasteiger partial charge in [0.1, 0.15) is 10.7 Å². The molecule has 0 bridgehead atoms. The molecule has 1 aromatic carbocycles. The van der Waals surface area contributed by atoms with Gasteiger partial charge in [0.2, 0.25) is 0 Å². The summed E-state index contributed by atoms with van der Waals surface area (Å²) < 4.78 is 76.9. The van der Waals surface area contributed by atoms with Gasteiger partial charge in [-0.1, -0.05) is 13.8 Å². The Labute approximate surface area is 173 Å². The van der Waals surface area contributed by atoms with Crippen molar-refractivity contribution in [2.24, 2.45) is 5.92 Å². The van der Waals surface area contributed by atoms with Crippen LogP contribution >= 0.6 is 0 Å². The number of halogens is 4. The zero-order valence-corrected chi connectivity index (χ0v) is 17.6. The summed E-state index contributed by atoms with van der Waals surface area (Å²) in [5.74, 6) is -0.715. The summed E-state index contributed by atoms with van der Waals surface area (Å²) in [6.07, 6.45) is -1.31. The number of aromatic nitrogens is 1. The molecule has 2 heterocycles. The molecule has 30 heavy (non-hydrogen) atoms. The highest BCUT2D eigenvalue weighted by Crippen LogP contribution is 2.33. The average Bonchev–Trinajstić information content (AvgIpc) is 2.66. The number of piperazine rings is 1. The lowest BCUT2D eigenvalue weighted by molar-refractivity contribution is -0.137. The second-order valence-corrected chi connectivity index (χ2v) is 9.75. The third-order valence-electron chi connectivity index (χ3n) is 5.25. The van der Waals surface area contributed by atoms with Crippen LogP contribution in [0, 0.1) is 11.7 Å². The first-order valence-corrected chi connectivity index (χ1v) is 11.3. The summed E-state index contributed by atoms with van der Waals surface area (Å²) in [4.78, 5) is 7.21. The molecule has 164 valence electrons. The smallest absolute Gasteiger partial charge is 0.368 e. The molecule has 1 aliphatic rings. The maximum atomic E-state index is 14.0. The first kappa shape index (κ1) is 22.3. The minimum Gasteiger partial charge on any atom is -0.368 e. The molecule has 10 heteroatoms. The zero-order chi connectivity index (χ0) is 22.3. The van der Waals surface area contributed by atoms with Crippen LogP contribution in [0.5, 0.6) is 0 Å². The minimum atomic E-state index is -4.48. The van der Waals surface area contributed by atoms with Crippen LogP contribution in [0.2, 0.25) is 0 Å². The van der Waals surface area contributed by atoms with E-state index in [9.17, 15) is 26.0 Å². The van der Waals surface area contributed by atoms with Crippen LogP contribution in [0.1, 0.15) is 19.4 Å². The summed E-state index contributed by atoms with van der Waals surface area (Å²) in [5, 5.41) is 0. The average molecular weight is 445 g/mol. The Morgan fingerprint density at radius 1 is 1.10 bits per heavy atom. The Morgan fingerprint density at radius 2 is 1.80 bits per heavy atom. The van der Waals surface area contributed by atoms with Crippen molar-refractivity contribution in [2.45, 2.75) is 31.0 Å². The first-order valence-electron chi connectivity index (χ1n) is 9.41. The number of sulfone groups is 1. The topological polar surface area (TPSA) is 53.5 Å². The molecule has 1 aliphatic heterocycles. The quantitative estimate of drug-likeness (QED) is 0.666. The summed E-state index contributed by atoms with van der Waals surface area (Å²) in [6.45, 7) is 5.23. The van der Waals surface area contributed by atoms with Gasteiger partial charge in [-0.05, 0) is 30.2 Å². The molecule has 0 amide bonds. The van der Waals surface area contributed by atoms with Gasteiger partial charge >= 0.3 is 6.18 Å². The predicted molar refractivity (Wildman–Crippen MR) is 107 cm³/mol. The number of rotatable bonds is 4. The van der Waals surface area contributed by atoms with Crippen molar-refractivity contribution >= 4 is 21.2 Å². The molecule has 1 fully saturated rings. The van der Waals surface area contributed by atoms with Crippen molar-refractivity contribution in [2.75, 3.05) is 35.7 Å². The second-order valence-electron chi connectivity index (χ2n) is 7.77. The number of alkyl halides is 3. The standard InChI is InChI=1S/C20H23F4N3O2S/c1-13(2)18-12-26(15-4-5-17(21)19(9-15)30(3,28)29)6-7-27(18)16-8-14(10-25-11-16)20(22,23)24/h4-5,8-11,13,18H,6-7,12H2,1-3H3. The molecule has 1 saturated heterocycles. The Hall–Kier alpha value is -2.36. The van der Waals surface area contributed by atoms with E-state index in [1.54, 1.807) is 0 Å². The number of pyridine rings is 1. The van der Waals surface area contributed by atoms with E-state index in [2.05, 4.69) is 4.98 Å². The molecule has 1 unspecified atom stereocenters. The third kappa shape index (κ3) is 4.69. The van der Waals surface area contributed by atoms with Crippen molar-refractivity contribution < 1.29 is 26.0 Å². The van der Waals surface area contributed by atoms with E-state index in [0.29, 0.717) is 31.0 Å². The Kier molecular flexibility index (Phi) is 5.99. The van der Waals surface area contributed by atoms with Crippen LogP contribution in [-0.2, 0) is 16.0 Å². The number of nitrogens with zero attached hydrogens (tertiary/aromatic N) is 3. The van der Waals surface area contributed by atoms with Gasteiger partial charge in [-0.15, -0.1) is 0 Å². The molecular weight excluding hydrogens is 422 g/mol. The molecular formula is C20H23F4N3O2S. The fourth-order valence-corrected chi connectivity index (χ4v) is 4.41. The summed E-state index contributed by atoms with van der Waals surface area (Å²) in [6, 6.07) is 4.90. The fourth-order valence-electron chi connectivity index (χ4n) is 3.65. The SMILES string of the molecule is CC(C)C1CN(c2ccc(F)c(S(C)(=O)=O)c2)CCN1c1cncc(C(F)(F)F)c1. The second kappa shape index (κ2) is 8.05. The molecule has 0 aliphatic carbocycles. The van der Waals surface area contributed by atoms with Crippen LogP contribution in [0.3, 0.4) is 0 Å². The molecule has 0 saturated carbocycles. The van der Waals surface area contributed by atoms with Crippen LogP contribution in [0.25, 0.3) is 0 Å².